The molecule has 0 bridgehead atoms. The van der Waals surface area contributed by atoms with Crippen LogP contribution >= 0.6 is 0 Å². The molecule has 0 amide bonds. The lowest BCUT2D eigenvalue weighted by Crippen LogP contribution is -2.39. The van der Waals surface area contributed by atoms with Crippen molar-refractivity contribution in [1.29, 1.82) is 0 Å². The quantitative estimate of drug-likeness (QED) is 0.497. The van der Waals surface area contributed by atoms with Crippen LogP contribution in [0.4, 0.5) is 0 Å². The first kappa shape index (κ1) is 20.5. The highest BCUT2D eigenvalue weighted by molar-refractivity contribution is 5.83. The monoisotopic (exact) mass is 348 g/mol. The molecule has 2 fully saturated rings. The molecule has 3 nitrogen and oxygen atoms in total. The molecule has 0 radical (unpaired) electrons. The number of ether oxygens (including phenoxy) is 2. The van der Waals surface area contributed by atoms with Crippen LogP contribution in [0.1, 0.15) is 73.1 Å². The van der Waals surface area contributed by atoms with Gasteiger partial charge in [-0.25, -0.2) is 0 Å². The van der Waals surface area contributed by atoms with Crippen LogP contribution in [0.15, 0.2) is 0 Å². The van der Waals surface area contributed by atoms with Crippen LogP contribution < -0.4 is 0 Å². The summed E-state index contributed by atoms with van der Waals surface area (Å²) in [5.41, 5.74) is -0.223. The van der Waals surface area contributed by atoms with E-state index in [9.17, 15) is 4.79 Å². The van der Waals surface area contributed by atoms with Gasteiger partial charge in [-0.05, 0) is 63.7 Å². The molecule has 0 aliphatic heterocycles. The first-order chi connectivity index (χ1) is 11.8. The van der Waals surface area contributed by atoms with E-state index in [1.54, 1.807) is 0 Å². The second-order valence-electron chi connectivity index (χ2n) is 8.60. The Hall–Kier alpha value is -0.850. The summed E-state index contributed by atoms with van der Waals surface area (Å²) in [5, 5.41) is 0. The van der Waals surface area contributed by atoms with Crippen molar-refractivity contribution in [1.82, 2.24) is 0 Å². The predicted octanol–water partition coefficient (Wildman–Crippen LogP) is 4.63. The van der Waals surface area contributed by atoms with Gasteiger partial charge in [0.2, 0.25) is 0 Å². The highest BCUT2D eigenvalue weighted by Gasteiger charge is 2.52. The van der Waals surface area contributed by atoms with E-state index < -0.39 is 5.60 Å². The molecule has 2 aliphatic carbocycles. The van der Waals surface area contributed by atoms with Crippen molar-refractivity contribution in [3.05, 3.63) is 0 Å². The van der Waals surface area contributed by atoms with Gasteiger partial charge in [0.1, 0.15) is 11.4 Å². The minimum Gasteiger partial charge on any atom is -0.379 e. The molecule has 0 aromatic rings. The molecule has 0 spiro atoms. The zero-order chi connectivity index (χ0) is 18.5. The first-order valence-corrected chi connectivity index (χ1v) is 10.0. The maximum Gasteiger partial charge on any atom is 0.136 e. The normalized spacial score (nSPS) is 30.5. The molecule has 0 unspecified atom stereocenters. The molecule has 2 rings (SSSR count). The van der Waals surface area contributed by atoms with E-state index >= 15 is 0 Å². The van der Waals surface area contributed by atoms with Crippen LogP contribution in [0.25, 0.3) is 0 Å². The van der Waals surface area contributed by atoms with Crippen LogP contribution in [0, 0.1) is 35.0 Å². The third-order valence-electron chi connectivity index (χ3n) is 6.33. The van der Waals surface area contributed by atoms with Crippen LogP contribution in [-0.4, -0.2) is 31.2 Å². The van der Waals surface area contributed by atoms with Gasteiger partial charge >= 0.3 is 0 Å². The Balaban J connectivity index is 1.88. The van der Waals surface area contributed by atoms with Crippen LogP contribution in [0.2, 0.25) is 0 Å². The summed E-state index contributed by atoms with van der Waals surface area (Å²) in [7, 11) is 0. The number of ketones is 1. The molecule has 3 heteroatoms. The van der Waals surface area contributed by atoms with Crippen molar-refractivity contribution in [2.45, 2.75) is 78.7 Å². The van der Waals surface area contributed by atoms with Crippen LogP contribution in [0.3, 0.4) is 0 Å². The van der Waals surface area contributed by atoms with E-state index in [4.69, 9.17) is 9.47 Å². The third-order valence-corrected chi connectivity index (χ3v) is 6.33. The summed E-state index contributed by atoms with van der Waals surface area (Å²) in [6.45, 7) is 12.6. The molecular weight excluding hydrogens is 312 g/mol. The Morgan fingerprint density at radius 2 is 2.08 bits per heavy atom. The average molecular weight is 349 g/mol. The molecule has 0 heterocycles. The molecule has 25 heavy (non-hydrogen) atoms. The average Bonchev–Trinajstić information content (AvgIpc) is 2.90. The Morgan fingerprint density at radius 3 is 2.80 bits per heavy atom. The van der Waals surface area contributed by atoms with E-state index in [0.29, 0.717) is 36.8 Å². The number of Topliss-reactive ketones (excluding diaryl/α,β-unsaturated/α-hetero) is 1. The standard InChI is InChI=1S/C22H36O3/c1-6-24-15-16-25-21(3,4)13-7-9-17(2)18-11-12-19-20(23)10-8-14-22(18,19)5/h17-19H,6,8-12,14-16H2,1-5H3/t17-,18+,19+,22+/m0/s1. The van der Waals surface area contributed by atoms with Gasteiger partial charge in [-0.3, -0.25) is 4.79 Å². The van der Waals surface area contributed by atoms with Gasteiger partial charge in [0.25, 0.3) is 0 Å². The lowest BCUT2D eigenvalue weighted by molar-refractivity contribution is -0.130. The summed E-state index contributed by atoms with van der Waals surface area (Å²) in [4.78, 5) is 12.3. The van der Waals surface area contributed by atoms with E-state index in [-0.39, 0.29) is 5.41 Å². The molecule has 0 aromatic heterocycles. The highest BCUT2D eigenvalue weighted by atomic mass is 16.5. The predicted molar refractivity (Wildman–Crippen MR) is 101 cm³/mol. The van der Waals surface area contributed by atoms with Crippen molar-refractivity contribution >= 4 is 5.78 Å². The van der Waals surface area contributed by atoms with Crippen molar-refractivity contribution < 1.29 is 14.3 Å². The summed E-state index contributed by atoms with van der Waals surface area (Å²) < 4.78 is 11.1. The summed E-state index contributed by atoms with van der Waals surface area (Å²) in [6.07, 6.45) is 6.24. The largest absolute Gasteiger partial charge is 0.379 e. The SMILES string of the molecule is CCOCCOC(C)(C)C#CC[C@H](C)[C@H]1CC[C@@H]2C(=O)CCC[C@@]21C. The van der Waals surface area contributed by atoms with E-state index in [1.807, 2.05) is 20.8 Å². The minimum atomic E-state index is -0.431. The molecule has 0 N–H and O–H groups in total. The molecule has 2 aliphatic rings. The number of hydrogen-bond acceptors (Lipinski definition) is 3. The van der Waals surface area contributed by atoms with E-state index in [1.165, 1.54) is 12.8 Å². The fourth-order valence-electron chi connectivity index (χ4n) is 5.01. The number of carbonyl (C=O) groups is 1. The zero-order valence-corrected chi connectivity index (χ0v) is 16.8. The first-order valence-electron chi connectivity index (χ1n) is 10.0. The summed E-state index contributed by atoms with van der Waals surface area (Å²) in [6, 6.07) is 0. The lowest BCUT2D eigenvalue weighted by atomic mass is 9.62. The smallest absolute Gasteiger partial charge is 0.136 e. The second-order valence-corrected chi connectivity index (χ2v) is 8.60. The number of fused-ring (bicyclic) bond motifs is 1. The minimum absolute atomic E-state index is 0.208. The van der Waals surface area contributed by atoms with E-state index in [2.05, 4.69) is 25.7 Å². The van der Waals surface area contributed by atoms with E-state index in [0.717, 1.165) is 32.3 Å². The Bertz CT molecular complexity index is 513. The Labute approximate surface area is 154 Å². The second kappa shape index (κ2) is 8.69. The van der Waals surface area contributed by atoms with Crippen LogP contribution in [0.5, 0.6) is 0 Å². The van der Waals surface area contributed by atoms with Crippen molar-refractivity contribution in [2.75, 3.05) is 19.8 Å². The fourth-order valence-corrected chi connectivity index (χ4v) is 5.01. The number of hydrogen-bond donors (Lipinski definition) is 0. The molecule has 142 valence electrons. The molecule has 0 aromatic carbocycles. The Morgan fingerprint density at radius 1 is 1.32 bits per heavy atom. The number of carbonyl (C=O) groups excluding carboxylic acids is 1. The van der Waals surface area contributed by atoms with Gasteiger partial charge < -0.3 is 9.47 Å². The highest BCUT2D eigenvalue weighted by Crippen LogP contribution is 2.56. The molecule has 4 atom stereocenters. The number of rotatable bonds is 7. The van der Waals surface area contributed by atoms with Gasteiger partial charge in [-0.1, -0.05) is 25.7 Å². The fraction of sp³-hybridized carbons (Fsp3) is 0.864. The maximum absolute atomic E-state index is 12.3. The molecule has 2 saturated carbocycles. The third kappa shape index (κ3) is 5.08. The summed E-state index contributed by atoms with van der Waals surface area (Å²) >= 11 is 0. The van der Waals surface area contributed by atoms with Crippen molar-refractivity contribution in [2.24, 2.45) is 23.2 Å². The van der Waals surface area contributed by atoms with Gasteiger partial charge in [0, 0.05) is 25.4 Å². The van der Waals surface area contributed by atoms with Gasteiger partial charge in [-0.15, -0.1) is 0 Å². The van der Waals surface area contributed by atoms with Gasteiger partial charge in [-0.2, -0.15) is 0 Å². The Kier molecular flexibility index (Phi) is 7.11. The summed E-state index contributed by atoms with van der Waals surface area (Å²) in [5.74, 6) is 8.63. The van der Waals surface area contributed by atoms with Crippen molar-refractivity contribution in [3.8, 4) is 11.8 Å². The van der Waals surface area contributed by atoms with Crippen molar-refractivity contribution in [3.63, 3.8) is 0 Å². The van der Waals surface area contributed by atoms with Crippen LogP contribution in [-0.2, 0) is 14.3 Å². The molecule has 0 saturated heterocycles. The maximum atomic E-state index is 12.3. The topological polar surface area (TPSA) is 35.5 Å². The molecular formula is C22H36O3. The van der Waals surface area contributed by atoms with Gasteiger partial charge in [0.05, 0.1) is 13.2 Å². The zero-order valence-electron chi connectivity index (χ0n) is 16.8. The lowest BCUT2D eigenvalue weighted by Gasteiger charge is -2.42. The van der Waals surface area contributed by atoms with Gasteiger partial charge in [0.15, 0.2) is 0 Å².